The number of amides is 2. The van der Waals surface area contributed by atoms with E-state index in [1.807, 2.05) is 78.9 Å². The summed E-state index contributed by atoms with van der Waals surface area (Å²) < 4.78 is 16.5. The van der Waals surface area contributed by atoms with Gasteiger partial charge in [0.1, 0.15) is 11.8 Å². The fourth-order valence-electron chi connectivity index (χ4n) is 4.60. The molecule has 0 heterocycles. The molecule has 0 aliphatic heterocycles. The molecule has 4 aromatic rings. The normalized spacial score (nSPS) is 11.3. The first-order chi connectivity index (χ1) is 20.5. The fourth-order valence-corrected chi connectivity index (χ4v) is 4.79. The van der Waals surface area contributed by atoms with E-state index in [1.54, 1.807) is 43.4 Å². The first-order valence-corrected chi connectivity index (χ1v) is 14.1. The van der Waals surface area contributed by atoms with Crippen molar-refractivity contribution < 1.29 is 23.8 Å². The summed E-state index contributed by atoms with van der Waals surface area (Å²) in [5, 5.41) is 3.47. The van der Waals surface area contributed by atoms with Crippen LogP contribution < -0.4 is 19.5 Å². The largest absolute Gasteiger partial charge is 0.493 e. The van der Waals surface area contributed by atoms with Crippen molar-refractivity contribution in [3.05, 3.63) is 125 Å². The highest BCUT2D eigenvalue weighted by Gasteiger charge is 2.30. The van der Waals surface area contributed by atoms with Crippen LogP contribution in [-0.4, -0.2) is 50.1 Å². The van der Waals surface area contributed by atoms with Gasteiger partial charge in [-0.15, -0.1) is 0 Å². The summed E-state index contributed by atoms with van der Waals surface area (Å²) in [7, 11) is 3.18. The van der Waals surface area contributed by atoms with Gasteiger partial charge in [0.2, 0.25) is 5.91 Å². The van der Waals surface area contributed by atoms with Crippen molar-refractivity contribution >= 4 is 23.4 Å². The third-order valence-electron chi connectivity index (χ3n) is 6.82. The number of halogens is 1. The summed E-state index contributed by atoms with van der Waals surface area (Å²) in [5.41, 5.74) is 2.83. The Hall–Kier alpha value is -4.49. The summed E-state index contributed by atoms with van der Waals surface area (Å²) in [6.07, 6.45) is 0.917. The highest BCUT2D eigenvalue weighted by atomic mass is 35.5. The number of carbonyl (C=O) groups excluding carboxylic acids is 2. The van der Waals surface area contributed by atoms with E-state index in [2.05, 4.69) is 5.32 Å². The second-order valence-electron chi connectivity index (χ2n) is 9.66. The molecule has 0 aliphatic rings. The summed E-state index contributed by atoms with van der Waals surface area (Å²) in [5.74, 6) is 1.10. The van der Waals surface area contributed by atoms with Gasteiger partial charge in [0.25, 0.3) is 5.91 Å². The summed E-state index contributed by atoms with van der Waals surface area (Å²) >= 11 is 6.25. The van der Waals surface area contributed by atoms with Crippen molar-refractivity contribution in [1.29, 1.82) is 0 Å². The van der Waals surface area contributed by atoms with Crippen molar-refractivity contribution in [1.82, 2.24) is 10.2 Å². The maximum absolute atomic E-state index is 13.8. The molecular formula is C34H35ClN2O5. The molecule has 0 aromatic heterocycles. The topological polar surface area (TPSA) is 77.1 Å². The standard InChI is InChI=1S/C34H35ClN2O5/c1-40-31-18-17-26(22-32(31)41-2)19-20-36-34(39)29(21-25-11-5-3-6-12-25)37(23-27-13-7-4-8-14-27)33(38)24-42-30-16-10-9-15-28(30)35/h3-18,22,29H,19-21,23-24H2,1-2H3,(H,36,39). The number of nitrogens with one attached hydrogen (secondary N) is 1. The molecule has 0 bridgehead atoms. The number of para-hydroxylation sites is 1. The third kappa shape index (κ3) is 8.51. The van der Waals surface area contributed by atoms with E-state index >= 15 is 0 Å². The van der Waals surface area contributed by atoms with Crippen LogP contribution in [0.15, 0.2) is 103 Å². The number of nitrogens with zero attached hydrogens (tertiary/aromatic N) is 1. The summed E-state index contributed by atoms with van der Waals surface area (Å²) in [4.78, 5) is 29.1. The van der Waals surface area contributed by atoms with Crippen LogP contribution in [-0.2, 0) is 29.0 Å². The SMILES string of the molecule is COc1ccc(CCNC(=O)C(Cc2ccccc2)N(Cc2ccccc2)C(=O)COc2ccccc2Cl)cc1OC. The van der Waals surface area contributed by atoms with Crippen molar-refractivity contribution in [3.63, 3.8) is 0 Å². The lowest BCUT2D eigenvalue weighted by molar-refractivity contribution is -0.142. The number of hydrogen-bond donors (Lipinski definition) is 1. The molecule has 42 heavy (non-hydrogen) atoms. The Morgan fingerprint density at radius 1 is 0.762 bits per heavy atom. The van der Waals surface area contributed by atoms with Crippen LogP contribution in [0.4, 0.5) is 0 Å². The minimum absolute atomic E-state index is 0.242. The lowest BCUT2D eigenvalue weighted by atomic mass is 10.0. The molecule has 0 radical (unpaired) electrons. The maximum atomic E-state index is 13.8. The molecule has 1 atom stereocenters. The molecule has 0 fully saturated rings. The van der Waals surface area contributed by atoms with Crippen molar-refractivity contribution in [3.8, 4) is 17.2 Å². The maximum Gasteiger partial charge on any atom is 0.261 e. The Morgan fingerprint density at radius 2 is 1.40 bits per heavy atom. The number of benzene rings is 4. The average Bonchev–Trinajstić information content (AvgIpc) is 3.03. The van der Waals surface area contributed by atoms with E-state index in [1.165, 1.54) is 0 Å². The van der Waals surface area contributed by atoms with Gasteiger partial charge in [-0.3, -0.25) is 9.59 Å². The zero-order chi connectivity index (χ0) is 29.7. The van der Waals surface area contributed by atoms with Crippen molar-refractivity contribution in [2.75, 3.05) is 27.4 Å². The smallest absolute Gasteiger partial charge is 0.261 e. The second kappa shape index (κ2) is 15.5. The second-order valence-corrected chi connectivity index (χ2v) is 10.1. The first-order valence-electron chi connectivity index (χ1n) is 13.7. The first kappa shape index (κ1) is 30.5. The number of rotatable bonds is 14. The van der Waals surface area contributed by atoms with Gasteiger partial charge in [0.05, 0.1) is 19.2 Å². The molecule has 0 aliphatic carbocycles. The minimum Gasteiger partial charge on any atom is -0.493 e. The number of hydrogen-bond acceptors (Lipinski definition) is 5. The molecule has 2 amide bonds. The predicted octanol–water partition coefficient (Wildman–Crippen LogP) is 5.74. The Morgan fingerprint density at radius 3 is 2.07 bits per heavy atom. The van der Waals surface area contributed by atoms with E-state index in [-0.39, 0.29) is 25.0 Å². The Balaban J connectivity index is 1.55. The molecule has 1 N–H and O–H groups in total. The number of carbonyl (C=O) groups is 2. The van der Waals surface area contributed by atoms with Crippen LogP contribution >= 0.6 is 11.6 Å². The molecule has 7 nitrogen and oxygen atoms in total. The zero-order valence-electron chi connectivity index (χ0n) is 23.8. The predicted molar refractivity (Wildman–Crippen MR) is 164 cm³/mol. The molecule has 4 rings (SSSR count). The van der Waals surface area contributed by atoms with E-state index in [0.29, 0.717) is 41.7 Å². The summed E-state index contributed by atoms with van der Waals surface area (Å²) in [6.45, 7) is 0.357. The van der Waals surface area contributed by atoms with Gasteiger partial charge in [-0.05, 0) is 47.4 Å². The Bertz CT molecular complexity index is 1450. The molecule has 8 heteroatoms. The van der Waals surface area contributed by atoms with Crippen LogP contribution in [0.25, 0.3) is 0 Å². The van der Waals surface area contributed by atoms with Crippen molar-refractivity contribution in [2.24, 2.45) is 0 Å². The lowest BCUT2D eigenvalue weighted by Gasteiger charge is -2.31. The van der Waals surface area contributed by atoms with E-state index in [9.17, 15) is 9.59 Å². The fraction of sp³-hybridized carbons (Fsp3) is 0.235. The zero-order valence-corrected chi connectivity index (χ0v) is 24.6. The van der Waals surface area contributed by atoms with E-state index in [4.69, 9.17) is 25.8 Å². The molecule has 0 spiro atoms. The van der Waals surface area contributed by atoms with Crippen LogP contribution in [0.2, 0.25) is 5.02 Å². The Kier molecular flexibility index (Phi) is 11.2. The highest BCUT2D eigenvalue weighted by Crippen LogP contribution is 2.28. The van der Waals surface area contributed by atoms with E-state index in [0.717, 1.165) is 16.7 Å². The average molecular weight is 587 g/mol. The molecular weight excluding hydrogens is 552 g/mol. The molecule has 0 saturated carbocycles. The van der Waals surface area contributed by atoms with Gasteiger partial charge >= 0.3 is 0 Å². The molecule has 4 aromatic carbocycles. The number of methoxy groups -OCH3 is 2. The van der Waals surface area contributed by atoms with Gasteiger partial charge in [0.15, 0.2) is 18.1 Å². The van der Waals surface area contributed by atoms with Crippen LogP contribution in [0.1, 0.15) is 16.7 Å². The van der Waals surface area contributed by atoms with Gasteiger partial charge < -0.3 is 24.4 Å². The molecule has 218 valence electrons. The van der Waals surface area contributed by atoms with Crippen LogP contribution in [0, 0.1) is 0 Å². The monoisotopic (exact) mass is 586 g/mol. The third-order valence-corrected chi connectivity index (χ3v) is 7.13. The van der Waals surface area contributed by atoms with Crippen LogP contribution in [0.5, 0.6) is 17.2 Å². The summed E-state index contributed by atoms with van der Waals surface area (Å²) in [6, 6.07) is 31.2. The van der Waals surface area contributed by atoms with Gasteiger partial charge in [0, 0.05) is 19.5 Å². The quantitative estimate of drug-likeness (QED) is 0.204. The Labute approximate surface area is 252 Å². The minimum atomic E-state index is -0.777. The van der Waals surface area contributed by atoms with Gasteiger partial charge in [-0.2, -0.15) is 0 Å². The molecule has 1 unspecified atom stereocenters. The molecule has 0 saturated heterocycles. The van der Waals surface area contributed by atoms with Crippen molar-refractivity contribution in [2.45, 2.75) is 25.4 Å². The van der Waals surface area contributed by atoms with Crippen LogP contribution in [0.3, 0.4) is 0 Å². The van der Waals surface area contributed by atoms with E-state index < -0.39 is 6.04 Å². The lowest BCUT2D eigenvalue weighted by Crippen LogP contribution is -2.52. The highest BCUT2D eigenvalue weighted by molar-refractivity contribution is 6.32. The van der Waals surface area contributed by atoms with Gasteiger partial charge in [-0.25, -0.2) is 0 Å². The van der Waals surface area contributed by atoms with Gasteiger partial charge in [-0.1, -0.05) is 90.5 Å². The number of ether oxygens (including phenoxy) is 3.